The van der Waals surface area contributed by atoms with Gasteiger partial charge in [-0.1, -0.05) is 6.42 Å². The van der Waals surface area contributed by atoms with Crippen LogP contribution < -0.4 is 0 Å². The Kier molecular flexibility index (Phi) is 5.32. The Morgan fingerprint density at radius 1 is 1.21 bits per heavy atom. The molecule has 3 heterocycles. The van der Waals surface area contributed by atoms with Crippen LogP contribution in [0.4, 0.5) is 0 Å². The fourth-order valence-corrected chi connectivity index (χ4v) is 7.06. The van der Waals surface area contributed by atoms with E-state index in [1.807, 2.05) is 18.7 Å². The molecule has 1 aromatic heterocycles. The van der Waals surface area contributed by atoms with Crippen molar-refractivity contribution >= 4 is 27.3 Å². The smallest absolute Gasteiger partial charge is 0.244 e. The van der Waals surface area contributed by atoms with Crippen molar-refractivity contribution in [1.82, 2.24) is 9.21 Å². The molecule has 0 unspecified atom stereocenters. The molecule has 0 N–H and O–H groups in total. The predicted molar refractivity (Wildman–Crippen MR) is 95.8 cm³/mol. The van der Waals surface area contributed by atoms with Crippen LogP contribution in [0, 0.1) is 13.8 Å². The maximum absolute atomic E-state index is 13.1. The third kappa shape index (κ3) is 3.53. The number of hydrogen-bond donors (Lipinski definition) is 0. The summed E-state index contributed by atoms with van der Waals surface area (Å²) >= 11 is 1.54. The molecule has 7 heteroatoms. The molecular formula is C17H26N2O3S2. The van der Waals surface area contributed by atoms with Crippen molar-refractivity contribution in [3.8, 4) is 0 Å². The average Bonchev–Trinajstić information content (AvgIpc) is 3.10. The van der Waals surface area contributed by atoms with E-state index in [1.54, 1.807) is 10.4 Å². The summed E-state index contributed by atoms with van der Waals surface area (Å²) in [5, 5.41) is 0. The van der Waals surface area contributed by atoms with E-state index in [4.69, 9.17) is 0 Å². The number of nitrogens with zero attached hydrogens (tertiary/aromatic N) is 2. The van der Waals surface area contributed by atoms with Crippen LogP contribution in [-0.2, 0) is 14.8 Å². The van der Waals surface area contributed by atoms with Crippen molar-refractivity contribution in [3.05, 3.63) is 15.8 Å². The van der Waals surface area contributed by atoms with Gasteiger partial charge in [-0.2, -0.15) is 4.31 Å². The van der Waals surface area contributed by atoms with Crippen LogP contribution in [0.3, 0.4) is 0 Å². The largest absolute Gasteiger partial charge is 0.343 e. The maximum Gasteiger partial charge on any atom is 0.244 e. The fourth-order valence-electron chi connectivity index (χ4n) is 3.81. The second-order valence-electron chi connectivity index (χ2n) is 6.82. The molecule has 0 radical (unpaired) electrons. The highest BCUT2D eigenvalue weighted by Crippen LogP contribution is 2.32. The van der Waals surface area contributed by atoms with Gasteiger partial charge in [0, 0.05) is 41.9 Å². The highest BCUT2D eigenvalue weighted by Gasteiger charge is 2.35. The first-order valence-electron chi connectivity index (χ1n) is 8.76. The Morgan fingerprint density at radius 2 is 2.00 bits per heavy atom. The van der Waals surface area contributed by atoms with Gasteiger partial charge in [-0.05, 0) is 45.6 Å². The van der Waals surface area contributed by atoms with Crippen LogP contribution >= 0.6 is 11.3 Å². The lowest BCUT2D eigenvalue weighted by atomic mass is 10.0. The number of thiophene rings is 1. The quantitative estimate of drug-likeness (QED) is 0.801. The third-order valence-electron chi connectivity index (χ3n) is 5.06. The van der Waals surface area contributed by atoms with Crippen LogP contribution in [-0.4, -0.2) is 49.2 Å². The highest BCUT2D eigenvalue weighted by atomic mass is 32.2. The van der Waals surface area contributed by atoms with E-state index in [-0.39, 0.29) is 11.9 Å². The first kappa shape index (κ1) is 17.9. The van der Waals surface area contributed by atoms with Gasteiger partial charge in [0.05, 0.1) is 4.90 Å². The molecule has 0 aliphatic carbocycles. The molecule has 3 rings (SSSR count). The number of piperidine rings is 1. The van der Waals surface area contributed by atoms with Crippen molar-refractivity contribution in [2.24, 2.45) is 0 Å². The molecular weight excluding hydrogens is 344 g/mol. The molecule has 5 nitrogen and oxygen atoms in total. The minimum absolute atomic E-state index is 0.0109. The van der Waals surface area contributed by atoms with Crippen LogP contribution in [0.15, 0.2) is 11.0 Å². The molecule has 2 fully saturated rings. The molecule has 0 aromatic carbocycles. The summed E-state index contributed by atoms with van der Waals surface area (Å²) in [5.74, 6) is 0.213. The summed E-state index contributed by atoms with van der Waals surface area (Å²) in [6.45, 7) is 5.92. The van der Waals surface area contributed by atoms with E-state index in [9.17, 15) is 13.2 Å². The van der Waals surface area contributed by atoms with Gasteiger partial charge < -0.3 is 4.90 Å². The summed E-state index contributed by atoms with van der Waals surface area (Å²) in [5.41, 5.74) is 0. The summed E-state index contributed by atoms with van der Waals surface area (Å²) in [6.07, 6.45) is 5.18. The first-order chi connectivity index (χ1) is 11.4. The minimum Gasteiger partial charge on any atom is -0.343 e. The molecule has 1 amide bonds. The zero-order chi connectivity index (χ0) is 17.3. The SMILES string of the molecule is Cc1cc(S(=O)(=O)N2CCCC[C@@H]2CCN2CCCC2=O)c(C)s1. The first-order valence-corrected chi connectivity index (χ1v) is 11.0. The van der Waals surface area contributed by atoms with Crippen molar-refractivity contribution in [3.63, 3.8) is 0 Å². The normalized spacial score (nSPS) is 23.2. The van der Waals surface area contributed by atoms with Gasteiger partial charge in [-0.25, -0.2) is 8.42 Å². The van der Waals surface area contributed by atoms with Gasteiger partial charge in [0.2, 0.25) is 15.9 Å². The van der Waals surface area contributed by atoms with Crippen molar-refractivity contribution < 1.29 is 13.2 Å². The van der Waals surface area contributed by atoms with E-state index in [0.717, 1.165) is 48.4 Å². The lowest BCUT2D eigenvalue weighted by Gasteiger charge is -2.35. The molecule has 0 saturated carbocycles. The zero-order valence-electron chi connectivity index (χ0n) is 14.5. The monoisotopic (exact) mass is 370 g/mol. The minimum atomic E-state index is -3.44. The molecule has 2 aliphatic heterocycles. The Balaban J connectivity index is 1.76. The van der Waals surface area contributed by atoms with Crippen LogP contribution in [0.2, 0.25) is 0 Å². The lowest BCUT2D eigenvalue weighted by Crippen LogP contribution is -2.45. The van der Waals surface area contributed by atoms with Gasteiger partial charge in [0.15, 0.2) is 0 Å². The summed E-state index contributed by atoms with van der Waals surface area (Å²) in [4.78, 5) is 16.0. The predicted octanol–water partition coefficient (Wildman–Crippen LogP) is 2.92. The van der Waals surface area contributed by atoms with Gasteiger partial charge in [0.1, 0.15) is 0 Å². The van der Waals surface area contributed by atoms with Crippen molar-refractivity contribution in [2.45, 2.75) is 63.3 Å². The molecule has 1 aromatic rings. The molecule has 134 valence electrons. The highest BCUT2D eigenvalue weighted by molar-refractivity contribution is 7.89. The number of sulfonamides is 1. The molecule has 2 aliphatic rings. The standard InChI is InChI=1S/C17H26N2O3S2/c1-13-12-16(14(2)23-13)24(21,22)19-10-4-3-6-15(19)8-11-18-9-5-7-17(18)20/h12,15H,3-11H2,1-2H3/t15-/m1/s1. The Hall–Kier alpha value is -0.920. The van der Waals surface area contributed by atoms with Crippen LogP contribution in [0.1, 0.15) is 48.3 Å². The Labute approximate surface area is 148 Å². The average molecular weight is 371 g/mol. The van der Waals surface area contributed by atoms with E-state index in [0.29, 0.717) is 24.4 Å². The number of aryl methyl sites for hydroxylation is 2. The van der Waals surface area contributed by atoms with Gasteiger partial charge in [-0.15, -0.1) is 11.3 Å². The number of likely N-dealkylation sites (tertiary alicyclic amines) is 1. The second-order valence-corrected chi connectivity index (χ2v) is 10.1. The topological polar surface area (TPSA) is 57.7 Å². The number of hydrogen-bond acceptors (Lipinski definition) is 4. The number of amides is 1. The van der Waals surface area contributed by atoms with E-state index in [1.165, 1.54) is 11.3 Å². The molecule has 0 bridgehead atoms. The second kappa shape index (κ2) is 7.14. The van der Waals surface area contributed by atoms with Crippen molar-refractivity contribution in [1.29, 1.82) is 0 Å². The number of carbonyl (C=O) groups is 1. The van der Waals surface area contributed by atoms with Crippen molar-refractivity contribution in [2.75, 3.05) is 19.6 Å². The summed E-state index contributed by atoms with van der Waals surface area (Å²) in [6, 6.07) is 1.81. The van der Waals surface area contributed by atoms with Crippen LogP contribution in [0.25, 0.3) is 0 Å². The van der Waals surface area contributed by atoms with Gasteiger partial charge >= 0.3 is 0 Å². The fraction of sp³-hybridized carbons (Fsp3) is 0.706. The van der Waals surface area contributed by atoms with Crippen LogP contribution in [0.5, 0.6) is 0 Å². The Morgan fingerprint density at radius 3 is 2.62 bits per heavy atom. The summed E-state index contributed by atoms with van der Waals surface area (Å²) < 4.78 is 28.0. The summed E-state index contributed by atoms with van der Waals surface area (Å²) in [7, 11) is -3.44. The third-order valence-corrected chi connectivity index (χ3v) is 8.23. The Bertz CT molecular complexity index is 711. The van der Waals surface area contributed by atoms with Gasteiger partial charge in [0.25, 0.3) is 0 Å². The molecule has 2 saturated heterocycles. The number of carbonyl (C=O) groups excluding carboxylic acids is 1. The van der Waals surface area contributed by atoms with E-state index in [2.05, 4.69) is 0 Å². The maximum atomic E-state index is 13.1. The number of rotatable bonds is 5. The molecule has 0 spiro atoms. The molecule has 24 heavy (non-hydrogen) atoms. The van der Waals surface area contributed by atoms with E-state index >= 15 is 0 Å². The molecule has 1 atom stereocenters. The van der Waals surface area contributed by atoms with Gasteiger partial charge in [-0.3, -0.25) is 4.79 Å². The zero-order valence-corrected chi connectivity index (χ0v) is 16.1. The lowest BCUT2D eigenvalue weighted by molar-refractivity contribution is -0.127. The van der Waals surface area contributed by atoms with E-state index < -0.39 is 10.0 Å².